The van der Waals surface area contributed by atoms with Gasteiger partial charge >= 0.3 is 0 Å². The summed E-state index contributed by atoms with van der Waals surface area (Å²) < 4.78 is 0. The summed E-state index contributed by atoms with van der Waals surface area (Å²) in [5, 5.41) is 9.58. The summed E-state index contributed by atoms with van der Waals surface area (Å²) in [4.78, 5) is 4.30. The van der Waals surface area contributed by atoms with Gasteiger partial charge < -0.3 is 5.73 Å². The van der Waals surface area contributed by atoms with Gasteiger partial charge in [-0.05, 0) is 36.4 Å². The first-order valence-electron chi connectivity index (χ1n) is 6.15. The molecule has 2 aromatic carbocycles. The van der Waals surface area contributed by atoms with Gasteiger partial charge in [0.05, 0.1) is 0 Å². The minimum absolute atomic E-state index is 0.317. The number of nitrogens with zero attached hydrogens (tertiary/aromatic N) is 3. The molecule has 4 nitrogen and oxygen atoms in total. The molecule has 0 bridgehead atoms. The summed E-state index contributed by atoms with van der Waals surface area (Å²) in [5.74, 6) is 0.777. The molecule has 0 aliphatic heterocycles. The molecule has 0 unspecified atom stereocenters. The van der Waals surface area contributed by atoms with E-state index in [1.807, 2.05) is 24.3 Å². The molecule has 6 heteroatoms. The molecule has 0 amide bonds. The highest BCUT2D eigenvalue weighted by atomic mass is 35.5. The molecule has 0 spiro atoms. The molecular formula is C15H10Cl2N4. The highest BCUT2D eigenvalue weighted by molar-refractivity contribution is 6.30. The maximum Gasteiger partial charge on any atom is 0.183 e. The summed E-state index contributed by atoms with van der Waals surface area (Å²) in [7, 11) is 0. The number of aromatic nitrogens is 3. The lowest BCUT2D eigenvalue weighted by Crippen LogP contribution is -2.02. The van der Waals surface area contributed by atoms with Gasteiger partial charge in [0.2, 0.25) is 0 Å². The first-order chi connectivity index (χ1) is 10.1. The monoisotopic (exact) mass is 316 g/mol. The van der Waals surface area contributed by atoms with E-state index in [4.69, 9.17) is 28.9 Å². The van der Waals surface area contributed by atoms with Crippen LogP contribution in [0, 0.1) is 0 Å². The van der Waals surface area contributed by atoms with Crippen LogP contribution in [-0.4, -0.2) is 15.2 Å². The van der Waals surface area contributed by atoms with E-state index >= 15 is 0 Å². The average molecular weight is 317 g/mol. The second kappa shape index (κ2) is 5.68. The van der Waals surface area contributed by atoms with Crippen molar-refractivity contribution < 1.29 is 0 Å². The molecule has 104 valence electrons. The Morgan fingerprint density at radius 3 is 1.76 bits per heavy atom. The topological polar surface area (TPSA) is 64.7 Å². The van der Waals surface area contributed by atoms with Crippen LogP contribution < -0.4 is 5.73 Å². The first kappa shape index (κ1) is 13.8. The van der Waals surface area contributed by atoms with Gasteiger partial charge in [-0.1, -0.05) is 35.3 Å². The van der Waals surface area contributed by atoms with Gasteiger partial charge in [0.25, 0.3) is 0 Å². The first-order valence-corrected chi connectivity index (χ1v) is 6.91. The van der Waals surface area contributed by atoms with Crippen molar-refractivity contribution in [3.8, 4) is 22.6 Å². The molecule has 1 heterocycles. The highest BCUT2D eigenvalue weighted by Crippen LogP contribution is 2.25. The molecule has 0 fully saturated rings. The van der Waals surface area contributed by atoms with Gasteiger partial charge in [-0.25, -0.2) is 4.98 Å². The van der Waals surface area contributed by atoms with Crippen LogP contribution in [0.2, 0.25) is 10.0 Å². The van der Waals surface area contributed by atoms with E-state index in [2.05, 4.69) is 15.2 Å². The smallest absolute Gasteiger partial charge is 0.183 e. The van der Waals surface area contributed by atoms with Crippen molar-refractivity contribution in [1.29, 1.82) is 0 Å². The maximum atomic E-state index is 5.99. The lowest BCUT2D eigenvalue weighted by atomic mass is 10.1. The van der Waals surface area contributed by atoms with Gasteiger partial charge in [0.15, 0.2) is 11.6 Å². The Bertz CT molecular complexity index is 771. The van der Waals surface area contributed by atoms with E-state index in [0.29, 0.717) is 27.4 Å². The summed E-state index contributed by atoms with van der Waals surface area (Å²) in [6.07, 6.45) is 0. The fraction of sp³-hybridized carbons (Fsp3) is 0. The predicted octanol–water partition coefficient (Wildman–Crippen LogP) is 4.09. The van der Waals surface area contributed by atoms with Gasteiger partial charge in [0, 0.05) is 21.2 Å². The number of benzene rings is 2. The number of nitrogens with two attached hydrogens (primary N) is 1. The minimum atomic E-state index is 0.317. The zero-order valence-electron chi connectivity index (χ0n) is 10.8. The van der Waals surface area contributed by atoms with E-state index < -0.39 is 0 Å². The number of hydrogen-bond acceptors (Lipinski definition) is 4. The molecule has 0 aliphatic carbocycles. The Kier molecular flexibility index (Phi) is 3.73. The normalized spacial score (nSPS) is 10.6. The molecule has 0 saturated carbocycles. The molecule has 0 atom stereocenters. The number of anilines is 1. The van der Waals surface area contributed by atoms with Gasteiger partial charge in [-0.2, -0.15) is 0 Å². The van der Waals surface area contributed by atoms with Crippen molar-refractivity contribution >= 4 is 29.0 Å². The average Bonchev–Trinajstić information content (AvgIpc) is 2.49. The van der Waals surface area contributed by atoms with Gasteiger partial charge in [-0.15, -0.1) is 10.2 Å². The number of halogens is 2. The van der Waals surface area contributed by atoms with E-state index in [1.54, 1.807) is 24.3 Å². The van der Waals surface area contributed by atoms with E-state index in [0.717, 1.165) is 11.1 Å². The quantitative estimate of drug-likeness (QED) is 0.773. The van der Waals surface area contributed by atoms with Crippen LogP contribution >= 0.6 is 23.2 Å². The predicted molar refractivity (Wildman–Crippen MR) is 85.1 cm³/mol. The summed E-state index contributed by atoms with van der Waals surface area (Å²) in [5.41, 5.74) is 8.14. The fourth-order valence-corrected chi connectivity index (χ4v) is 2.12. The summed E-state index contributed by atoms with van der Waals surface area (Å²) in [6, 6.07) is 14.4. The van der Waals surface area contributed by atoms with Crippen molar-refractivity contribution in [2.75, 3.05) is 5.73 Å². The largest absolute Gasteiger partial charge is 0.382 e. The number of nitrogen functional groups attached to an aromatic ring is 1. The molecule has 0 radical (unpaired) electrons. The zero-order valence-corrected chi connectivity index (χ0v) is 12.3. The van der Waals surface area contributed by atoms with Crippen LogP contribution in [0.15, 0.2) is 48.5 Å². The molecule has 3 rings (SSSR count). The molecule has 1 aromatic heterocycles. The Morgan fingerprint density at radius 1 is 0.714 bits per heavy atom. The molecule has 2 N–H and O–H groups in total. The number of hydrogen-bond donors (Lipinski definition) is 1. The molecule has 3 aromatic rings. The lowest BCUT2D eigenvalue weighted by molar-refractivity contribution is 0.994. The third-order valence-electron chi connectivity index (χ3n) is 2.93. The van der Waals surface area contributed by atoms with Crippen molar-refractivity contribution in [3.05, 3.63) is 58.6 Å². The molecule has 0 saturated heterocycles. The second-order valence-electron chi connectivity index (χ2n) is 4.38. The highest BCUT2D eigenvalue weighted by Gasteiger charge is 2.10. The van der Waals surface area contributed by atoms with Gasteiger partial charge in [-0.3, -0.25) is 0 Å². The maximum absolute atomic E-state index is 5.99. The van der Waals surface area contributed by atoms with Crippen LogP contribution in [0.3, 0.4) is 0 Å². The van der Waals surface area contributed by atoms with Crippen molar-refractivity contribution in [3.63, 3.8) is 0 Å². The van der Waals surface area contributed by atoms with E-state index in [1.165, 1.54) is 0 Å². The zero-order chi connectivity index (χ0) is 14.8. The standard InChI is InChI=1S/C15H10Cl2N4/c16-11-5-1-9(2-6-11)13-14(18)19-15(21-20-13)10-3-7-12(17)8-4-10/h1-8H,(H2,18,19,21). The third-order valence-corrected chi connectivity index (χ3v) is 3.44. The molecule has 21 heavy (non-hydrogen) atoms. The van der Waals surface area contributed by atoms with Crippen LogP contribution in [0.4, 0.5) is 5.82 Å². The van der Waals surface area contributed by atoms with Crippen molar-refractivity contribution in [1.82, 2.24) is 15.2 Å². The Balaban J connectivity index is 1.99. The summed E-state index contributed by atoms with van der Waals surface area (Å²) >= 11 is 11.7. The molecular weight excluding hydrogens is 307 g/mol. The minimum Gasteiger partial charge on any atom is -0.382 e. The van der Waals surface area contributed by atoms with Crippen LogP contribution in [0.5, 0.6) is 0 Å². The van der Waals surface area contributed by atoms with Crippen LogP contribution in [0.1, 0.15) is 0 Å². The fourth-order valence-electron chi connectivity index (χ4n) is 1.87. The third kappa shape index (κ3) is 2.96. The Labute approximate surface area is 131 Å². The SMILES string of the molecule is Nc1nc(-c2ccc(Cl)cc2)nnc1-c1ccc(Cl)cc1. The van der Waals surface area contributed by atoms with Crippen LogP contribution in [0.25, 0.3) is 22.6 Å². The summed E-state index contributed by atoms with van der Waals surface area (Å²) in [6.45, 7) is 0. The van der Waals surface area contributed by atoms with Crippen molar-refractivity contribution in [2.45, 2.75) is 0 Å². The second-order valence-corrected chi connectivity index (χ2v) is 5.26. The Hall–Kier alpha value is -2.17. The Morgan fingerprint density at radius 2 is 1.24 bits per heavy atom. The van der Waals surface area contributed by atoms with Crippen LogP contribution in [-0.2, 0) is 0 Å². The van der Waals surface area contributed by atoms with E-state index in [-0.39, 0.29) is 0 Å². The van der Waals surface area contributed by atoms with E-state index in [9.17, 15) is 0 Å². The lowest BCUT2D eigenvalue weighted by Gasteiger charge is -2.06. The van der Waals surface area contributed by atoms with Crippen molar-refractivity contribution in [2.24, 2.45) is 0 Å². The molecule has 0 aliphatic rings. The van der Waals surface area contributed by atoms with Gasteiger partial charge in [0.1, 0.15) is 5.69 Å². The number of rotatable bonds is 2.